The number of carbonyl (C=O) groups excluding carboxylic acids is 2. The standard InChI is InChI=1S/C14H16FNO2/c1-7-4-5-10-8(2)11(15)6-12(16-9(3)17)13(10)14(7)18/h6-7H,4-5H2,1-3H3,(H,16,17)/i7D. The first kappa shape index (κ1) is 11.4. The Kier molecular flexibility index (Phi) is 2.86. The van der Waals surface area contributed by atoms with Gasteiger partial charge < -0.3 is 5.32 Å². The van der Waals surface area contributed by atoms with E-state index in [1.54, 1.807) is 13.8 Å². The van der Waals surface area contributed by atoms with Gasteiger partial charge in [-0.05, 0) is 37.0 Å². The monoisotopic (exact) mass is 250 g/mol. The summed E-state index contributed by atoms with van der Waals surface area (Å²) in [6.45, 7) is 4.47. The minimum Gasteiger partial charge on any atom is -0.326 e. The highest BCUT2D eigenvalue weighted by Gasteiger charge is 2.29. The molecule has 1 unspecified atom stereocenters. The lowest BCUT2D eigenvalue weighted by Crippen LogP contribution is -2.24. The maximum Gasteiger partial charge on any atom is 0.221 e. The minimum absolute atomic E-state index is 0.175. The van der Waals surface area contributed by atoms with Crippen molar-refractivity contribution in [2.24, 2.45) is 5.89 Å². The first-order valence-corrected chi connectivity index (χ1v) is 5.88. The van der Waals surface area contributed by atoms with Crippen molar-refractivity contribution in [3.05, 3.63) is 28.6 Å². The molecule has 1 aromatic carbocycles. The van der Waals surface area contributed by atoms with Crippen LogP contribution in [0.4, 0.5) is 10.1 Å². The zero-order valence-electron chi connectivity index (χ0n) is 11.7. The summed E-state index contributed by atoms with van der Waals surface area (Å²) in [5.74, 6) is -2.38. The molecule has 3 nitrogen and oxygen atoms in total. The van der Waals surface area contributed by atoms with Gasteiger partial charge in [0.05, 0.1) is 5.69 Å². The van der Waals surface area contributed by atoms with Crippen molar-refractivity contribution in [2.75, 3.05) is 5.32 Å². The molecule has 1 aliphatic rings. The fraction of sp³-hybridized carbons (Fsp3) is 0.429. The smallest absolute Gasteiger partial charge is 0.221 e. The van der Waals surface area contributed by atoms with Crippen molar-refractivity contribution in [1.29, 1.82) is 0 Å². The highest BCUT2D eigenvalue weighted by atomic mass is 19.1. The molecule has 2 rings (SSSR count). The van der Waals surface area contributed by atoms with Crippen molar-refractivity contribution < 1.29 is 15.4 Å². The van der Waals surface area contributed by atoms with Gasteiger partial charge in [0, 0.05) is 19.8 Å². The van der Waals surface area contributed by atoms with Crippen molar-refractivity contribution in [3.63, 3.8) is 0 Å². The van der Waals surface area contributed by atoms with E-state index in [0.29, 0.717) is 24.0 Å². The molecule has 0 fully saturated rings. The van der Waals surface area contributed by atoms with Crippen LogP contribution in [0.15, 0.2) is 6.07 Å². The van der Waals surface area contributed by atoms with Gasteiger partial charge in [-0.3, -0.25) is 9.59 Å². The topological polar surface area (TPSA) is 46.2 Å². The summed E-state index contributed by atoms with van der Waals surface area (Å²) in [4.78, 5) is 23.5. The van der Waals surface area contributed by atoms with Gasteiger partial charge in [0.2, 0.25) is 5.91 Å². The molecule has 1 aliphatic carbocycles. The third kappa shape index (κ3) is 2.03. The third-order valence-electron chi connectivity index (χ3n) is 3.33. The maximum absolute atomic E-state index is 13.8. The average molecular weight is 250 g/mol. The number of ketones is 1. The molecule has 1 amide bonds. The molecule has 0 saturated heterocycles. The van der Waals surface area contributed by atoms with Crippen LogP contribution in [0.25, 0.3) is 0 Å². The molecule has 0 radical (unpaired) electrons. The van der Waals surface area contributed by atoms with Gasteiger partial charge in [-0.2, -0.15) is 0 Å². The Morgan fingerprint density at radius 1 is 1.61 bits per heavy atom. The van der Waals surface area contributed by atoms with Gasteiger partial charge in [0.1, 0.15) is 5.82 Å². The molecule has 0 aliphatic heterocycles. The van der Waals surface area contributed by atoms with E-state index in [0.717, 1.165) is 6.07 Å². The quantitative estimate of drug-likeness (QED) is 0.833. The number of nitrogens with one attached hydrogen (secondary N) is 1. The van der Waals surface area contributed by atoms with Crippen LogP contribution in [0.2, 0.25) is 0 Å². The molecular formula is C14H16FNO2. The Balaban J connectivity index is 2.68. The molecule has 0 bridgehead atoms. The number of anilines is 1. The molecule has 0 spiro atoms. The summed E-state index contributed by atoms with van der Waals surface area (Å²) < 4.78 is 21.8. The van der Waals surface area contributed by atoms with Gasteiger partial charge in [0.15, 0.2) is 5.78 Å². The largest absolute Gasteiger partial charge is 0.326 e. The Morgan fingerprint density at radius 3 is 2.89 bits per heavy atom. The van der Waals surface area contributed by atoms with Crippen molar-refractivity contribution >= 4 is 17.4 Å². The zero-order valence-corrected chi connectivity index (χ0v) is 10.7. The van der Waals surface area contributed by atoms with Crippen LogP contribution in [-0.4, -0.2) is 11.7 Å². The number of amides is 1. The highest BCUT2D eigenvalue weighted by molar-refractivity contribution is 6.07. The van der Waals surface area contributed by atoms with Crippen molar-refractivity contribution in [3.8, 4) is 0 Å². The van der Waals surface area contributed by atoms with E-state index in [9.17, 15) is 14.0 Å². The summed E-state index contributed by atoms with van der Waals surface area (Å²) in [6, 6.07) is 1.16. The first-order chi connectivity index (χ1) is 8.74. The van der Waals surface area contributed by atoms with Crippen LogP contribution in [0.1, 0.15) is 43.1 Å². The van der Waals surface area contributed by atoms with Crippen molar-refractivity contribution in [2.45, 2.75) is 33.6 Å². The van der Waals surface area contributed by atoms with E-state index in [4.69, 9.17) is 1.37 Å². The Hall–Kier alpha value is -1.71. The summed E-state index contributed by atoms with van der Waals surface area (Å²) in [7, 11) is 0. The third-order valence-corrected chi connectivity index (χ3v) is 3.33. The summed E-state index contributed by atoms with van der Waals surface area (Å²) in [6.07, 6.45) is 0.833. The fourth-order valence-corrected chi connectivity index (χ4v) is 2.30. The molecule has 96 valence electrons. The Labute approximate surface area is 107 Å². The molecule has 1 aromatic rings. The minimum atomic E-state index is -1.22. The summed E-state index contributed by atoms with van der Waals surface area (Å²) in [5.41, 5.74) is 1.50. The number of carbonyl (C=O) groups is 2. The van der Waals surface area contributed by atoms with Gasteiger partial charge >= 0.3 is 0 Å². The molecule has 1 N–H and O–H groups in total. The number of Topliss-reactive ketones (excluding diaryl/α,β-unsaturated/α-hetero) is 1. The number of rotatable bonds is 1. The maximum atomic E-state index is 13.8. The number of halogens is 1. The molecule has 0 aromatic heterocycles. The normalized spacial score (nSPS) is 23.3. The molecule has 0 saturated carbocycles. The Morgan fingerprint density at radius 2 is 2.28 bits per heavy atom. The number of hydrogen-bond donors (Lipinski definition) is 1. The van der Waals surface area contributed by atoms with Gasteiger partial charge in [-0.15, -0.1) is 0 Å². The lowest BCUT2D eigenvalue weighted by Gasteiger charge is -2.25. The van der Waals surface area contributed by atoms with Crippen LogP contribution >= 0.6 is 0 Å². The second-order valence-electron chi connectivity index (χ2n) is 4.68. The SMILES string of the molecule is [2H]C1(C)CCc2c(C)c(F)cc(NC(C)=O)c2C1=O. The first-order valence-electron chi connectivity index (χ1n) is 6.38. The second kappa shape index (κ2) is 4.52. The van der Waals surface area contributed by atoms with E-state index in [1.807, 2.05) is 0 Å². The van der Waals surface area contributed by atoms with Gasteiger partial charge in [-0.1, -0.05) is 6.92 Å². The van der Waals surface area contributed by atoms with Crippen LogP contribution in [0.5, 0.6) is 0 Å². The fourth-order valence-electron chi connectivity index (χ4n) is 2.30. The summed E-state index contributed by atoms with van der Waals surface area (Å²) in [5, 5.41) is 2.49. The van der Waals surface area contributed by atoms with E-state index in [2.05, 4.69) is 5.32 Å². The molecule has 4 heteroatoms. The number of fused-ring (bicyclic) bond motifs is 1. The highest BCUT2D eigenvalue weighted by Crippen LogP contribution is 2.34. The number of hydrogen-bond acceptors (Lipinski definition) is 2. The van der Waals surface area contributed by atoms with Gasteiger partial charge in [-0.25, -0.2) is 4.39 Å². The van der Waals surface area contributed by atoms with Crippen LogP contribution in [-0.2, 0) is 11.2 Å². The molecule has 0 heterocycles. The predicted octanol–water partition coefficient (Wildman–Crippen LogP) is 2.86. The lowest BCUT2D eigenvalue weighted by molar-refractivity contribution is -0.114. The molecule has 1 atom stereocenters. The van der Waals surface area contributed by atoms with E-state index in [-0.39, 0.29) is 22.9 Å². The Bertz CT molecular complexity index is 581. The zero-order chi connectivity index (χ0) is 14.4. The second-order valence-corrected chi connectivity index (χ2v) is 4.68. The van der Waals surface area contributed by atoms with Crippen LogP contribution < -0.4 is 5.32 Å². The average Bonchev–Trinajstić information content (AvgIpc) is 2.28. The van der Waals surface area contributed by atoms with Crippen LogP contribution in [0, 0.1) is 18.6 Å². The predicted molar refractivity (Wildman–Crippen MR) is 67.3 cm³/mol. The number of benzene rings is 1. The van der Waals surface area contributed by atoms with Crippen LogP contribution in [0.3, 0.4) is 0 Å². The van der Waals surface area contributed by atoms with Gasteiger partial charge in [0.25, 0.3) is 0 Å². The van der Waals surface area contributed by atoms with E-state index >= 15 is 0 Å². The molecular weight excluding hydrogens is 233 g/mol. The van der Waals surface area contributed by atoms with E-state index < -0.39 is 11.7 Å². The van der Waals surface area contributed by atoms with E-state index in [1.165, 1.54) is 6.92 Å². The lowest BCUT2D eigenvalue weighted by atomic mass is 9.81. The summed E-state index contributed by atoms with van der Waals surface area (Å²) >= 11 is 0. The van der Waals surface area contributed by atoms with Crippen molar-refractivity contribution in [1.82, 2.24) is 0 Å². The molecule has 18 heavy (non-hydrogen) atoms.